The van der Waals surface area contributed by atoms with Gasteiger partial charge in [0, 0.05) is 12.3 Å². The third-order valence-electron chi connectivity index (χ3n) is 1.75. The van der Waals surface area contributed by atoms with E-state index in [0.29, 0.717) is 12.2 Å². The Morgan fingerprint density at radius 2 is 2.29 bits per heavy atom. The van der Waals surface area contributed by atoms with Crippen LogP contribution in [0.25, 0.3) is 0 Å². The fourth-order valence-corrected chi connectivity index (χ4v) is 0.930. The quantitative estimate of drug-likeness (QED) is 0.582. The molecule has 1 rings (SSSR count). The van der Waals surface area contributed by atoms with E-state index in [4.69, 9.17) is 4.74 Å². The molecule has 0 aliphatic heterocycles. The van der Waals surface area contributed by atoms with Crippen molar-refractivity contribution >= 4 is 5.97 Å². The van der Waals surface area contributed by atoms with Crippen LogP contribution in [0, 0.1) is 0 Å². The molecule has 0 unspecified atom stereocenters. The minimum Gasteiger partial charge on any atom is -0.462 e. The van der Waals surface area contributed by atoms with E-state index in [1.54, 1.807) is 0 Å². The van der Waals surface area contributed by atoms with Crippen molar-refractivity contribution in [2.24, 2.45) is 0 Å². The summed E-state index contributed by atoms with van der Waals surface area (Å²) in [7, 11) is 0. The van der Waals surface area contributed by atoms with Crippen LogP contribution in [-0.2, 0) is 4.74 Å². The maximum Gasteiger partial charge on any atom is 0.339 e. The third kappa shape index (κ3) is 3.05. The molecular formula is C10H13NO3. The second kappa shape index (κ2) is 5.21. The number of unbranched alkanes of at least 4 members (excludes halogenated alkanes) is 1. The number of hydrogen-bond acceptors (Lipinski definition) is 3. The van der Waals surface area contributed by atoms with E-state index < -0.39 is 5.97 Å². The maximum atomic E-state index is 11.3. The van der Waals surface area contributed by atoms with Crippen molar-refractivity contribution in [3.63, 3.8) is 0 Å². The maximum absolute atomic E-state index is 11.3. The Kier molecular flexibility index (Phi) is 3.91. The van der Waals surface area contributed by atoms with Crippen LogP contribution in [0.3, 0.4) is 0 Å². The van der Waals surface area contributed by atoms with Crippen LogP contribution in [0.15, 0.2) is 23.1 Å². The Bertz CT molecular complexity index is 336. The van der Waals surface area contributed by atoms with Gasteiger partial charge in [0.15, 0.2) is 0 Å². The van der Waals surface area contributed by atoms with Gasteiger partial charge in [-0.3, -0.25) is 4.79 Å². The molecule has 0 aliphatic rings. The summed E-state index contributed by atoms with van der Waals surface area (Å²) in [5.41, 5.74) is 0.149. The van der Waals surface area contributed by atoms with Crippen molar-refractivity contribution in [1.82, 2.24) is 4.98 Å². The fraction of sp³-hybridized carbons (Fsp3) is 0.400. The Labute approximate surface area is 81.9 Å². The second-order valence-electron chi connectivity index (χ2n) is 2.93. The number of carbonyl (C=O) groups excluding carboxylic acids is 1. The lowest BCUT2D eigenvalue weighted by molar-refractivity contribution is 0.0499. The highest BCUT2D eigenvalue weighted by atomic mass is 16.5. The normalized spacial score (nSPS) is 9.79. The van der Waals surface area contributed by atoms with Crippen molar-refractivity contribution in [1.29, 1.82) is 0 Å². The molecule has 0 saturated heterocycles. The second-order valence-corrected chi connectivity index (χ2v) is 2.93. The van der Waals surface area contributed by atoms with Gasteiger partial charge >= 0.3 is 5.97 Å². The van der Waals surface area contributed by atoms with E-state index in [2.05, 4.69) is 4.98 Å². The molecule has 0 fully saturated rings. The molecule has 0 saturated carbocycles. The van der Waals surface area contributed by atoms with Gasteiger partial charge in [-0.1, -0.05) is 13.3 Å². The highest BCUT2D eigenvalue weighted by Gasteiger charge is 2.05. The van der Waals surface area contributed by atoms with Crippen molar-refractivity contribution in [3.05, 3.63) is 34.2 Å². The molecule has 1 aromatic rings. The largest absolute Gasteiger partial charge is 0.462 e. The Hall–Kier alpha value is -1.58. The molecule has 0 radical (unpaired) electrons. The molecule has 0 aliphatic carbocycles. The molecule has 76 valence electrons. The lowest BCUT2D eigenvalue weighted by Gasteiger charge is -2.02. The number of pyridine rings is 1. The third-order valence-corrected chi connectivity index (χ3v) is 1.75. The average Bonchev–Trinajstić information content (AvgIpc) is 2.19. The zero-order valence-electron chi connectivity index (χ0n) is 8.08. The summed E-state index contributed by atoms with van der Waals surface area (Å²) >= 11 is 0. The first kappa shape index (κ1) is 10.5. The Morgan fingerprint density at radius 3 is 2.86 bits per heavy atom. The SMILES string of the molecule is CCCCOC(=O)c1ccc(=O)[nH]c1. The molecule has 1 aromatic heterocycles. The smallest absolute Gasteiger partial charge is 0.339 e. The number of aromatic nitrogens is 1. The van der Waals surface area contributed by atoms with Crippen LogP contribution in [0.5, 0.6) is 0 Å². The highest BCUT2D eigenvalue weighted by Crippen LogP contribution is 1.98. The van der Waals surface area contributed by atoms with Gasteiger partial charge < -0.3 is 9.72 Å². The number of aromatic amines is 1. The standard InChI is InChI=1S/C10H13NO3/c1-2-3-6-14-10(13)8-4-5-9(12)11-7-8/h4-5,7H,2-3,6H2,1H3,(H,11,12). The molecule has 4 nitrogen and oxygen atoms in total. The van der Waals surface area contributed by atoms with E-state index in [1.807, 2.05) is 6.92 Å². The number of ether oxygens (including phenoxy) is 1. The van der Waals surface area contributed by atoms with E-state index in [9.17, 15) is 9.59 Å². The first-order chi connectivity index (χ1) is 6.74. The van der Waals surface area contributed by atoms with E-state index >= 15 is 0 Å². The number of H-pyrrole nitrogens is 1. The fourth-order valence-electron chi connectivity index (χ4n) is 0.930. The summed E-state index contributed by atoms with van der Waals surface area (Å²) < 4.78 is 4.95. The minimum absolute atomic E-state index is 0.227. The molecule has 0 atom stereocenters. The summed E-state index contributed by atoms with van der Waals surface area (Å²) in [6.07, 6.45) is 3.20. The van der Waals surface area contributed by atoms with Crippen LogP contribution in [0.1, 0.15) is 30.1 Å². The zero-order chi connectivity index (χ0) is 10.4. The van der Waals surface area contributed by atoms with Crippen molar-refractivity contribution in [2.75, 3.05) is 6.61 Å². The van der Waals surface area contributed by atoms with E-state index in [0.717, 1.165) is 12.8 Å². The van der Waals surface area contributed by atoms with Crippen LogP contribution < -0.4 is 5.56 Å². The monoisotopic (exact) mass is 195 g/mol. The number of esters is 1. The van der Waals surface area contributed by atoms with Crippen LogP contribution >= 0.6 is 0 Å². The number of carbonyl (C=O) groups is 1. The van der Waals surface area contributed by atoms with Gasteiger partial charge in [0.05, 0.1) is 12.2 Å². The van der Waals surface area contributed by atoms with Gasteiger partial charge in [0.1, 0.15) is 0 Å². The topological polar surface area (TPSA) is 59.2 Å². The highest BCUT2D eigenvalue weighted by molar-refractivity contribution is 5.88. The van der Waals surface area contributed by atoms with Gasteiger partial charge in [-0.25, -0.2) is 4.79 Å². The number of rotatable bonds is 4. The summed E-state index contributed by atoms with van der Waals surface area (Å²) in [5.74, 6) is -0.394. The van der Waals surface area contributed by atoms with Gasteiger partial charge in [-0.15, -0.1) is 0 Å². The molecule has 0 bridgehead atoms. The van der Waals surface area contributed by atoms with Gasteiger partial charge in [0.2, 0.25) is 5.56 Å². The summed E-state index contributed by atoms with van der Waals surface area (Å²) in [6, 6.07) is 2.75. The first-order valence-electron chi connectivity index (χ1n) is 4.60. The van der Waals surface area contributed by atoms with Gasteiger partial charge in [-0.05, 0) is 12.5 Å². The predicted octanol–water partition coefficient (Wildman–Crippen LogP) is 1.33. The van der Waals surface area contributed by atoms with Crippen molar-refractivity contribution < 1.29 is 9.53 Å². The predicted molar refractivity (Wildman–Crippen MR) is 52.3 cm³/mol. The Morgan fingerprint density at radius 1 is 1.50 bits per heavy atom. The molecule has 0 aromatic carbocycles. The van der Waals surface area contributed by atoms with Crippen molar-refractivity contribution in [3.8, 4) is 0 Å². The lowest BCUT2D eigenvalue weighted by atomic mass is 10.3. The van der Waals surface area contributed by atoms with E-state index in [1.165, 1.54) is 18.3 Å². The Balaban J connectivity index is 2.52. The first-order valence-corrected chi connectivity index (χ1v) is 4.60. The van der Waals surface area contributed by atoms with Gasteiger partial charge in [-0.2, -0.15) is 0 Å². The van der Waals surface area contributed by atoms with Crippen molar-refractivity contribution in [2.45, 2.75) is 19.8 Å². The summed E-state index contributed by atoms with van der Waals surface area (Å²) in [4.78, 5) is 24.4. The number of nitrogens with one attached hydrogen (secondary N) is 1. The minimum atomic E-state index is -0.394. The zero-order valence-corrected chi connectivity index (χ0v) is 8.08. The van der Waals surface area contributed by atoms with Crippen LogP contribution in [0.2, 0.25) is 0 Å². The van der Waals surface area contributed by atoms with Crippen LogP contribution in [-0.4, -0.2) is 17.6 Å². The average molecular weight is 195 g/mol. The molecule has 1 N–H and O–H groups in total. The lowest BCUT2D eigenvalue weighted by Crippen LogP contribution is -2.10. The molecule has 1 heterocycles. The molecule has 0 amide bonds. The number of hydrogen-bond donors (Lipinski definition) is 1. The van der Waals surface area contributed by atoms with Crippen LogP contribution in [0.4, 0.5) is 0 Å². The molecule has 4 heteroatoms. The van der Waals surface area contributed by atoms with Gasteiger partial charge in [0.25, 0.3) is 0 Å². The summed E-state index contributed by atoms with van der Waals surface area (Å²) in [6.45, 7) is 2.45. The summed E-state index contributed by atoms with van der Waals surface area (Å²) in [5, 5.41) is 0. The van der Waals surface area contributed by atoms with E-state index in [-0.39, 0.29) is 5.56 Å². The molecule has 0 spiro atoms. The molecule has 14 heavy (non-hydrogen) atoms. The molecular weight excluding hydrogens is 182 g/mol.